The predicted molar refractivity (Wildman–Crippen MR) is 123 cm³/mol. The first-order valence-electron chi connectivity index (χ1n) is 11.0. The number of benzene rings is 1. The molecule has 0 amide bonds. The highest BCUT2D eigenvalue weighted by Gasteiger charge is 2.24. The molecule has 2 N–H and O–H groups in total. The Morgan fingerprint density at radius 2 is 1.90 bits per heavy atom. The Hall–Kier alpha value is -1.79. The van der Waals surface area contributed by atoms with Crippen molar-refractivity contribution >= 4 is 5.96 Å². The van der Waals surface area contributed by atoms with E-state index < -0.39 is 0 Å². The summed E-state index contributed by atoms with van der Waals surface area (Å²) in [5.41, 5.74) is 2.49. The van der Waals surface area contributed by atoms with Crippen LogP contribution in [-0.4, -0.2) is 81.8 Å². The molecule has 1 fully saturated rings. The van der Waals surface area contributed by atoms with Gasteiger partial charge < -0.3 is 20.3 Å². The van der Waals surface area contributed by atoms with Crippen molar-refractivity contribution in [1.29, 1.82) is 0 Å². The summed E-state index contributed by atoms with van der Waals surface area (Å²) < 4.78 is 5.50. The minimum absolute atomic E-state index is 0.482. The average molecular weight is 404 g/mol. The van der Waals surface area contributed by atoms with Crippen LogP contribution in [0, 0.1) is 12.8 Å². The van der Waals surface area contributed by atoms with Crippen molar-refractivity contribution in [2.75, 3.05) is 60.0 Å². The second-order valence-corrected chi connectivity index (χ2v) is 8.36. The molecule has 0 spiro atoms. The van der Waals surface area contributed by atoms with E-state index in [1.807, 2.05) is 6.07 Å². The van der Waals surface area contributed by atoms with E-state index in [-0.39, 0.29) is 0 Å². The summed E-state index contributed by atoms with van der Waals surface area (Å²) in [6.07, 6.45) is 0.904. The summed E-state index contributed by atoms with van der Waals surface area (Å²) in [7, 11) is 3.94. The van der Waals surface area contributed by atoms with Gasteiger partial charge in [-0.2, -0.15) is 0 Å². The van der Waals surface area contributed by atoms with E-state index in [1.165, 1.54) is 11.1 Å². The summed E-state index contributed by atoms with van der Waals surface area (Å²) in [6, 6.07) is 6.82. The first-order valence-corrected chi connectivity index (χ1v) is 11.0. The molecule has 1 heterocycles. The predicted octanol–water partition coefficient (Wildman–Crippen LogP) is 2.37. The molecule has 1 saturated heterocycles. The number of aliphatic imine (C=N–C) groups is 1. The molecule has 29 heavy (non-hydrogen) atoms. The van der Waals surface area contributed by atoms with Crippen LogP contribution in [0.1, 0.15) is 31.9 Å². The van der Waals surface area contributed by atoms with Gasteiger partial charge in [0.15, 0.2) is 5.96 Å². The second-order valence-electron chi connectivity index (χ2n) is 8.36. The lowest BCUT2D eigenvalue weighted by molar-refractivity contribution is 0.0925. The monoisotopic (exact) mass is 403 g/mol. The molecule has 0 aromatic heterocycles. The van der Waals surface area contributed by atoms with E-state index in [4.69, 9.17) is 9.73 Å². The molecule has 1 aliphatic heterocycles. The van der Waals surface area contributed by atoms with Crippen LogP contribution in [0.2, 0.25) is 0 Å². The van der Waals surface area contributed by atoms with Crippen LogP contribution >= 0.6 is 0 Å². The maximum atomic E-state index is 5.50. The number of nitrogens with zero attached hydrogens (tertiary/aromatic N) is 3. The average Bonchev–Trinajstić information content (AvgIpc) is 2.69. The van der Waals surface area contributed by atoms with Gasteiger partial charge in [0.25, 0.3) is 0 Å². The fourth-order valence-corrected chi connectivity index (χ4v) is 3.85. The lowest BCUT2D eigenvalue weighted by atomic mass is 10.0. The maximum absolute atomic E-state index is 5.50. The number of piperazine rings is 1. The fraction of sp³-hybridized carbons (Fsp3) is 0.696. The number of ether oxygens (including phenoxy) is 1. The Kier molecular flexibility index (Phi) is 9.74. The van der Waals surface area contributed by atoms with Crippen molar-refractivity contribution in [1.82, 2.24) is 20.4 Å². The van der Waals surface area contributed by atoms with Crippen molar-refractivity contribution < 1.29 is 4.74 Å². The van der Waals surface area contributed by atoms with Gasteiger partial charge in [-0.25, -0.2) is 0 Å². The molecule has 1 aliphatic rings. The van der Waals surface area contributed by atoms with E-state index in [2.05, 4.69) is 67.3 Å². The Morgan fingerprint density at radius 3 is 2.52 bits per heavy atom. The molecule has 1 aromatic carbocycles. The molecular formula is C23H41N5O. The number of hydrogen-bond acceptors (Lipinski definition) is 4. The van der Waals surface area contributed by atoms with Gasteiger partial charge in [0.2, 0.25) is 0 Å². The molecule has 1 atom stereocenters. The SMILES string of the molecule is CCNC(=NCC(C(C)C)N1CCN(C)CC1)NCCc1cc(C)ccc1OC. The van der Waals surface area contributed by atoms with E-state index in [0.29, 0.717) is 12.0 Å². The Bertz CT molecular complexity index is 638. The standard InChI is InChI=1S/C23H41N5O/c1-7-24-23(25-11-10-20-16-19(4)8-9-22(20)29-6)26-17-21(18(2)3)28-14-12-27(5)13-15-28/h8-9,16,18,21H,7,10-15,17H2,1-6H3,(H2,24,25,26). The van der Waals surface area contributed by atoms with Gasteiger partial charge in [-0.1, -0.05) is 31.5 Å². The molecule has 1 unspecified atom stereocenters. The smallest absolute Gasteiger partial charge is 0.191 e. The molecular weight excluding hydrogens is 362 g/mol. The van der Waals surface area contributed by atoms with Crippen molar-refractivity contribution in [2.24, 2.45) is 10.9 Å². The number of methoxy groups -OCH3 is 1. The Balaban J connectivity index is 1.95. The summed E-state index contributed by atoms with van der Waals surface area (Å²) in [4.78, 5) is 9.94. The quantitative estimate of drug-likeness (QED) is 0.490. The normalized spacial score (nSPS) is 17.4. The molecule has 6 nitrogen and oxygen atoms in total. The zero-order chi connectivity index (χ0) is 21.2. The van der Waals surface area contributed by atoms with Crippen LogP contribution in [0.15, 0.2) is 23.2 Å². The minimum atomic E-state index is 0.482. The summed E-state index contributed by atoms with van der Waals surface area (Å²) in [5.74, 6) is 2.44. The molecule has 0 bridgehead atoms. The minimum Gasteiger partial charge on any atom is -0.496 e. The highest BCUT2D eigenvalue weighted by Crippen LogP contribution is 2.19. The Labute approximate surface area is 177 Å². The van der Waals surface area contributed by atoms with Gasteiger partial charge in [-0.05, 0) is 44.9 Å². The van der Waals surface area contributed by atoms with Crippen LogP contribution < -0.4 is 15.4 Å². The van der Waals surface area contributed by atoms with Gasteiger partial charge in [0.05, 0.1) is 13.7 Å². The van der Waals surface area contributed by atoms with E-state index in [9.17, 15) is 0 Å². The molecule has 1 aromatic rings. The van der Waals surface area contributed by atoms with E-state index >= 15 is 0 Å². The number of nitrogens with one attached hydrogen (secondary N) is 2. The first kappa shape index (κ1) is 23.5. The van der Waals surface area contributed by atoms with Crippen LogP contribution in [0.25, 0.3) is 0 Å². The largest absolute Gasteiger partial charge is 0.496 e. The van der Waals surface area contributed by atoms with Crippen LogP contribution in [0.4, 0.5) is 0 Å². The highest BCUT2D eigenvalue weighted by molar-refractivity contribution is 5.79. The van der Waals surface area contributed by atoms with Crippen LogP contribution in [-0.2, 0) is 6.42 Å². The Morgan fingerprint density at radius 1 is 1.17 bits per heavy atom. The van der Waals surface area contributed by atoms with Crippen molar-refractivity contribution in [3.63, 3.8) is 0 Å². The van der Waals surface area contributed by atoms with Crippen molar-refractivity contribution in [3.8, 4) is 5.75 Å². The topological polar surface area (TPSA) is 52.1 Å². The summed E-state index contributed by atoms with van der Waals surface area (Å²) in [5, 5.41) is 6.89. The number of guanidine groups is 1. The molecule has 0 saturated carbocycles. The summed E-state index contributed by atoms with van der Waals surface area (Å²) in [6.45, 7) is 15.9. The molecule has 0 aliphatic carbocycles. The van der Waals surface area contributed by atoms with Gasteiger partial charge in [0.1, 0.15) is 5.75 Å². The lowest BCUT2D eigenvalue weighted by Crippen LogP contribution is -2.52. The number of hydrogen-bond donors (Lipinski definition) is 2. The third-order valence-electron chi connectivity index (χ3n) is 5.68. The number of rotatable bonds is 9. The van der Waals surface area contributed by atoms with Gasteiger partial charge in [-0.3, -0.25) is 9.89 Å². The second kappa shape index (κ2) is 12.0. The maximum Gasteiger partial charge on any atom is 0.191 e. The number of aryl methyl sites for hydroxylation is 1. The van der Waals surface area contributed by atoms with Crippen molar-refractivity contribution in [2.45, 2.75) is 40.2 Å². The highest BCUT2D eigenvalue weighted by atomic mass is 16.5. The molecule has 2 rings (SSSR count). The van der Waals surface area contributed by atoms with E-state index in [0.717, 1.165) is 63.9 Å². The first-order chi connectivity index (χ1) is 13.9. The van der Waals surface area contributed by atoms with Gasteiger partial charge >= 0.3 is 0 Å². The molecule has 0 radical (unpaired) electrons. The van der Waals surface area contributed by atoms with Gasteiger partial charge in [-0.15, -0.1) is 0 Å². The zero-order valence-electron chi connectivity index (χ0n) is 19.3. The van der Waals surface area contributed by atoms with Crippen molar-refractivity contribution in [3.05, 3.63) is 29.3 Å². The zero-order valence-corrected chi connectivity index (χ0v) is 19.3. The lowest BCUT2D eigenvalue weighted by Gasteiger charge is -2.39. The third-order valence-corrected chi connectivity index (χ3v) is 5.68. The molecule has 164 valence electrons. The molecule has 6 heteroatoms. The van der Waals surface area contributed by atoms with Crippen LogP contribution in [0.5, 0.6) is 5.75 Å². The van der Waals surface area contributed by atoms with Crippen LogP contribution in [0.3, 0.4) is 0 Å². The van der Waals surface area contributed by atoms with Gasteiger partial charge in [0, 0.05) is 45.3 Å². The van der Waals surface area contributed by atoms with E-state index in [1.54, 1.807) is 7.11 Å². The third kappa shape index (κ3) is 7.52. The fourth-order valence-electron chi connectivity index (χ4n) is 3.85. The summed E-state index contributed by atoms with van der Waals surface area (Å²) >= 11 is 0. The number of likely N-dealkylation sites (N-methyl/N-ethyl adjacent to an activating group) is 1.